The Morgan fingerprint density at radius 2 is 1.88 bits per heavy atom. The van der Waals surface area contributed by atoms with Gasteiger partial charge in [-0.1, -0.05) is 37.3 Å². The number of nitrogens with one attached hydrogen (secondary N) is 1. The summed E-state index contributed by atoms with van der Waals surface area (Å²) in [4.78, 5) is 28.9. The first-order chi connectivity index (χ1) is 16.3. The molecule has 0 radical (unpaired) electrons. The molecule has 0 fully saturated rings. The van der Waals surface area contributed by atoms with E-state index in [-0.39, 0.29) is 29.9 Å². The Morgan fingerprint density at radius 3 is 2.56 bits per heavy atom. The van der Waals surface area contributed by atoms with Crippen LogP contribution < -0.4 is 10.1 Å². The quantitative estimate of drug-likeness (QED) is 0.726. The van der Waals surface area contributed by atoms with E-state index in [9.17, 15) is 9.59 Å². The highest BCUT2D eigenvalue weighted by molar-refractivity contribution is 5.98. The van der Waals surface area contributed by atoms with Crippen LogP contribution >= 0.6 is 0 Å². The second kappa shape index (κ2) is 12.0. The van der Waals surface area contributed by atoms with Gasteiger partial charge in [0.25, 0.3) is 5.91 Å². The summed E-state index contributed by atoms with van der Waals surface area (Å²) in [6.45, 7) is 8.40. The van der Waals surface area contributed by atoms with E-state index in [4.69, 9.17) is 9.47 Å². The number of rotatable bonds is 5. The largest absolute Gasteiger partial charge is 0.491 e. The first-order valence-electron chi connectivity index (χ1n) is 11.9. The summed E-state index contributed by atoms with van der Waals surface area (Å²) >= 11 is 0. The minimum Gasteiger partial charge on any atom is -0.491 e. The second-order valence-electron chi connectivity index (χ2n) is 9.22. The molecule has 0 unspecified atom stereocenters. The van der Waals surface area contributed by atoms with Crippen LogP contribution in [-0.2, 0) is 16.0 Å². The average Bonchev–Trinajstić information content (AvgIpc) is 2.82. The number of likely N-dealkylation sites (N-methyl/N-ethyl adjacent to an activating group) is 1. The van der Waals surface area contributed by atoms with Crippen LogP contribution in [0.5, 0.6) is 5.75 Å². The van der Waals surface area contributed by atoms with Crippen LogP contribution in [0.25, 0.3) is 0 Å². The highest BCUT2D eigenvalue weighted by atomic mass is 16.5. The van der Waals surface area contributed by atoms with Gasteiger partial charge in [-0.3, -0.25) is 14.5 Å². The number of benzene rings is 2. The zero-order valence-electron chi connectivity index (χ0n) is 20.9. The Morgan fingerprint density at radius 1 is 1.15 bits per heavy atom. The molecular formula is C27H37N3O4. The first-order valence-corrected chi connectivity index (χ1v) is 11.9. The van der Waals surface area contributed by atoms with Gasteiger partial charge in [-0.05, 0) is 37.0 Å². The molecule has 1 aliphatic heterocycles. The van der Waals surface area contributed by atoms with Crippen molar-refractivity contribution in [3.63, 3.8) is 0 Å². The van der Waals surface area contributed by atoms with Crippen LogP contribution in [0.15, 0.2) is 48.5 Å². The maximum Gasteiger partial charge on any atom is 0.257 e. The molecule has 184 valence electrons. The molecule has 3 atom stereocenters. The van der Waals surface area contributed by atoms with Gasteiger partial charge in [-0.2, -0.15) is 0 Å². The van der Waals surface area contributed by atoms with Crippen LogP contribution in [0, 0.1) is 5.92 Å². The molecule has 2 amide bonds. The van der Waals surface area contributed by atoms with Crippen LogP contribution in [0.2, 0.25) is 0 Å². The molecule has 7 nitrogen and oxygen atoms in total. The molecule has 34 heavy (non-hydrogen) atoms. The van der Waals surface area contributed by atoms with E-state index in [0.717, 1.165) is 19.5 Å². The van der Waals surface area contributed by atoms with Crippen molar-refractivity contribution in [3.05, 3.63) is 59.7 Å². The van der Waals surface area contributed by atoms with Crippen LogP contribution in [0.4, 0.5) is 5.69 Å². The normalized spacial score (nSPS) is 22.2. The summed E-state index contributed by atoms with van der Waals surface area (Å²) in [7, 11) is 3.49. The Labute approximate surface area is 203 Å². The van der Waals surface area contributed by atoms with Crippen molar-refractivity contribution in [1.82, 2.24) is 9.80 Å². The van der Waals surface area contributed by atoms with Gasteiger partial charge in [0, 0.05) is 58.5 Å². The molecule has 1 aliphatic rings. The fourth-order valence-corrected chi connectivity index (χ4v) is 4.36. The Kier molecular flexibility index (Phi) is 9.07. The van der Waals surface area contributed by atoms with Crippen LogP contribution in [0.3, 0.4) is 0 Å². The number of carbonyl (C=O) groups is 2. The van der Waals surface area contributed by atoms with E-state index in [1.165, 1.54) is 12.5 Å². The number of anilines is 1. The van der Waals surface area contributed by atoms with Crippen molar-refractivity contribution in [3.8, 4) is 5.75 Å². The number of ether oxygens (including phenoxy) is 2. The van der Waals surface area contributed by atoms with Gasteiger partial charge in [-0.15, -0.1) is 0 Å². The highest BCUT2D eigenvalue weighted by Crippen LogP contribution is 2.27. The summed E-state index contributed by atoms with van der Waals surface area (Å²) in [5.41, 5.74) is 2.38. The van der Waals surface area contributed by atoms with Crippen molar-refractivity contribution >= 4 is 17.5 Å². The molecule has 1 N–H and O–H groups in total. The third-order valence-corrected chi connectivity index (χ3v) is 6.43. The van der Waals surface area contributed by atoms with Gasteiger partial charge in [0.1, 0.15) is 12.4 Å². The van der Waals surface area contributed by atoms with Gasteiger partial charge >= 0.3 is 0 Å². The lowest BCUT2D eigenvalue weighted by molar-refractivity contribution is -0.114. The summed E-state index contributed by atoms with van der Waals surface area (Å²) in [6.07, 6.45) is 0.847. The van der Waals surface area contributed by atoms with Gasteiger partial charge in [0.15, 0.2) is 0 Å². The smallest absolute Gasteiger partial charge is 0.257 e. The molecule has 0 aromatic heterocycles. The number of fused-ring (bicyclic) bond motifs is 1. The standard InChI is InChI=1S/C27H37N3O4/c1-19-16-30(14-13-22-9-7-6-8-10-22)20(2)18-34-25-15-23(28-21(3)31)11-12-24(25)27(32)29(4)17-26(19)33-5/h6-12,15,19-20,26H,13-14,16-18H2,1-5H3,(H,28,31)/t19-,20-,26+/m0/s1. The van der Waals surface area contributed by atoms with Gasteiger partial charge in [-0.25, -0.2) is 0 Å². The number of hydrogen-bond donors (Lipinski definition) is 1. The van der Waals surface area contributed by atoms with Gasteiger partial charge in [0.2, 0.25) is 5.91 Å². The molecule has 3 rings (SSSR count). The number of carbonyl (C=O) groups excluding carboxylic acids is 2. The monoisotopic (exact) mass is 467 g/mol. The average molecular weight is 468 g/mol. The van der Waals surface area contributed by atoms with Crippen LogP contribution in [0.1, 0.15) is 36.7 Å². The van der Waals surface area contributed by atoms with Crippen LogP contribution in [-0.4, -0.2) is 74.2 Å². The third kappa shape index (κ3) is 6.81. The number of hydrogen-bond acceptors (Lipinski definition) is 5. The molecule has 0 spiro atoms. The molecule has 0 aliphatic carbocycles. The predicted octanol–water partition coefficient (Wildman–Crippen LogP) is 3.69. The van der Waals surface area contributed by atoms with Crippen molar-refractivity contribution < 1.29 is 19.1 Å². The van der Waals surface area contributed by atoms with Crippen molar-refractivity contribution in [2.24, 2.45) is 5.92 Å². The molecular weight excluding hydrogens is 430 g/mol. The van der Waals surface area contributed by atoms with E-state index >= 15 is 0 Å². The highest BCUT2D eigenvalue weighted by Gasteiger charge is 2.28. The van der Waals surface area contributed by atoms with E-state index in [0.29, 0.717) is 30.2 Å². The van der Waals surface area contributed by atoms with E-state index < -0.39 is 0 Å². The van der Waals surface area contributed by atoms with Crippen molar-refractivity contribution in [1.29, 1.82) is 0 Å². The molecule has 7 heteroatoms. The minimum absolute atomic E-state index is 0.0946. The maximum atomic E-state index is 13.3. The number of nitrogens with zero attached hydrogens (tertiary/aromatic N) is 2. The van der Waals surface area contributed by atoms with Crippen molar-refractivity contribution in [2.75, 3.05) is 45.7 Å². The lowest BCUT2D eigenvalue weighted by Gasteiger charge is -2.36. The summed E-state index contributed by atoms with van der Waals surface area (Å²) < 4.78 is 12.0. The summed E-state index contributed by atoms with van der Waals surface area (Å²) in [5.74, 6) is 0.391. The predicted molar refractivity (Wildman–Crippen MR) is 134 cm³/mol. The maximum absolute atomic E-state index is 13.3. The Balaban J connectivity index is 1.89. The van der Waals surface area contributed by atoms with E-state index in [1.54, 1.807) is 37.3 Å². The molecule has 1 heterocycles. The fourth-order valence-electron chi connectivity index (χ4n) is 4.36. The number of methoxy groups -OCH3 is 1. The first kappa shape index (κ1) is 25.7. The molecule has 0 bridgehead atoms. The molecule has 2 aromatic carbocycles. The van der Waals surface area contributed by atoms with E-state index in [1.807, 2.05) is 6.07 Å². The van der Waals surface area contributed by atoms with Crippen molar-refractivity contribution in [2.45, 2.75) is 39.3 Å². The zero-order chi connectivity index (χ0) is 24.7. The summed E-state index contributed by atoms with van der Waals surface area (Å²) in [6, 6.07) is 15.8. The lowest BCUT2D eigenvalue weighted by atomic mass is 10.0. The minimum atomic E-state index is -0.172. The SMILES string of the molecule is CO[C@@H]1CN(C)C(=O)c2ccc(NC(C)=O)cc2OC[C@H](C)N(CCc2ccccc2)C[C@@H]1C. The summed E-state index contributed by atoms with van der Waals surface area (Å²) in [5, 5.41) is 2.77. The van der Waals surface area contributed by atoms with Gasteiger partial charge in [0.05, 0.1) is 11.7 Å². The Bertz CT molecular complexity index is 966. The zero-order valence-corrected chi connectivity index (χ0v) is 20.9. The third-order valence-electron chi connectivity index (χ3n) is 6.43. The topological polar surface area (TPSA) is 71.1 Å². The van der Waals surface area contributed by atoms with E-state index in [2.05, 4.69) is 48.3 Å². The Hall–Kier alpha value is -2.90. The molecule has 2 aromatic rings. The molecule has 0 saturated heterocycles. The number of amides is 2. The lowest BCUT2D eigenvalue weighted by Crippen LogP contribution is -2.47. The molecule has 0 saturated carbocycles. The second-order valence-corrected chi connectivity index (χ2v) is 9.22. The fraction of sp³-hybridized carbons (Fsp3) is 0.481. The van der Waals surface area contributed by atoms with Gasteiger partial charge < -0.3 is 19.7 Å².